The molecule has 0 aliphatic carbocycles. The number of unbranched alkanes of at least 4 members (excludes halogenated alkanes) is 4. The van der Waals surface area contributed by atoms with Crippen molar-refractivity contribution in [3.8, 4) is 0 Å². The standard InChI is InChI=1S/C18H40N2/c1-7-8-9-10-11-12-18(6,14-19)20-13-17(15(2)3)16(4)5/h15-17,20H,7-14,19H2,1-6H3. The smallest absolute Gasteiger partial charge is 0.0275 e. The summed E-state index contributed by atoms with van der Waals surface area (Å²) in [6, 6.07) is 0. The van der Waals surface area contributed by atoms with E-state index in [1.165, 1.54) is 38.5 Å². The summed E-state index contributed by atoms with van der Waals surface area (Å²) in [5.74, 6) is 2.20. The molecule has 0 aromatic rings. The first-order chi connectivity index (χ1) is 9.36. The van der Waals surface area contributed by atoms with Crippen LogP contribution in [-0.4, -0.2) is 18.6 Å². The Morgan fingerprint density at radius 2 is 1.50 bits per heavy atom. The van der Waals surface area contributed by atoms with Gasteiger partial charge in [-0.1, -0.05) is 66.7 Å². The molecule has 0 radical (unpaired) electrons. The van der Waals surface area contributed by atoms with Crippen LogP contribution >= 0.6 is 0 Å². The summed E-state index contributed by atoms with van der Waals surface area (Å²) >= 11 is 0. The molecule has 0 spiro atoms. The third-order valence-corrected chi connectivity index (χ3v) is 4.76. The molecule has 2 heteroatoms. The zero-order chi connectivity index (χ0) is 15.6. The lowest BCUT2D eigenvalue weighted by Gasteiger charge is -2.34. The van der Waals surface area contributed by atoms with Crippen LogP contribution in [0, 0.1) is 17.8 Å². The van der Waals surface area contributed by atoms with Crippen molar-refractivity contribution in [2.45, 2.75) is 85.6 Å². The zero-order valence-electron chi connectivity index (χ0n) is 15.0. The van der Waals surface area contributed by atoms with E-state index < -0.39 is 0 Å². The molecule has 0 amide bonds. The average molecular weight is 285 g/mol. The van der Waals surface area contributed by atoms with Crippen LogP contribution in [0.1, 0.15) is 80.1 Å². The van der Waals surface area contributed by atoms with E-state index in [-0.39, 0.29) is 5.54 Å². The average Bonchev–Trinajstić information content (AvgIpc) is 2.38. The van der Waals surface area contributed by atoms with Gasteiger partial charge in [0.05, 0.1) is 0 Å². The quantitative estimate of drug-likeness (QED) is 0.515. The normalized spacial score (nSPS) is 15.3. The number of nitrogens with one attached hydrogen (secondary N) is 1. The predicted octanol–water partition coefficient (Wildman–Crippen LogP) is 4.58. The molecule has 2 nitrogen and oxygen atoms in total. The summed E-state index contributed by atoms with van der Waals surface area (Å²) in [4.78, 5) is 0. The molecule has 0 saturated carbocycles. The fraction of sp³-hybridized carbons (Fsp3) is 1.00. The van der Waals surface area contributed by atoms with Crippen LogP contribution in [0.15, 0.2) is 0 Å². The van der Waals surface area contributed by atoms with Crippen molar-refractivity contribution < 1.29 is 0 Å². The van der Waals surface area contributed by atoms with E-state index in [4.69, 9.17) is 5.73 Å². The molecule has 0 aromatic carbocycles. The summed E-state index contributed by atoms with van der Waals surface area (Å²) in [6.45, 7) is 15.7. The van der Waals surface area contributed by atoms with Gasteiger partial charge in [-0.25, -0.2) is 0 Å². The van der Waals surface area contributed by atoms with E-state index in [9.17, 15) is 0 Å². The Kier molecular flexibility index (Phi) is 10.6. The minimum absolute atomic E-state index is 0.119. The van der Waals surface area contributed by atoms with E-state index in [1.807, 2.05) is 0 Å². The lowest BCUT2D eigenvalue weighted by atomic mass is 9.84. The molecule has 0 saturated heterocycles. The van der Waals surface area contributed by atoms with Crippen molar-refractivity contribution in [1.82, 2.24) is 5.32 Å². The summed E-state index contributed by atoms with van der Waals surface area (Å²) in [5, 5.41) is 3.77. The second kappa shape index (κ2) is 10.6. The molecule has 0 aliphatic rings. The molecule has 0 aliphatic heterocycles. The Labute approximate surface area is 128 Å². The van der Waals surface area contributed by atoms with Crippen LogP contribution in [0.2, 0.25) is 0 Å². The molecule has 1 atom stereocenters. The van der Waals surface area contributed by atoms with E-state index in [0.717, 1.165) is 30.8 Å². The predicted molar refractivity (Wildman–Crippen MR) is 92.0 cm³/mol. The zero-order valence-corrected chi connectivity index (χ0v) is 15.0. The minimum Gasteiger partial charge on any atom is -0.329 e. The first-order valence-corrected chi connectivity index (χ1v) is 8.81. The number of rotatable bonds is 12. The Morgan fingerprint density at radius 1 is 0.950 bits per heavy atom. The van der Waals surface area contributed by atoms with Crippen LogP contribution in [0.25, 0.3) is 0 Å². The van der Waals surface area contributed by atoms with Gasteiger partial charge in [-0.2, -0.15) is 0 Å². The van der Waals surface area contributed by atoms with Gasteiger partial charge in [-0.15, -0.1) is 0 Å². The molecule has 1 unspecified atom stereocenters. The molecular weight excluding hydrogens is 244 g/mol. The summed E-state index contributed by atoms with van der Waals surface area (Å²) in [5.41, 5.74) is 6.14. The minimum atomic E-state index is 0.119. The van der Waals surface area contributed by atoms with Crippen molar-refractivity contribution in [1.29, 1.82) is 0 Å². The highest BCUT2D eigenvalue weighted by atomic mass is 15.0. The summed E-state index contributed by atoms with van der Waals surface area (Å²) in [6.07, 6.45) is 7.91. The maximum Gasteiger partial charge on any atom is 0.0275 e. The first kappa shape index (κ1) is 19.9. The van der Waals surface area contributed by atoms with Crippen LogP contribution in [0.5, 0.6) is 0 Å². The van der Waals surface area contributed by atoms with Crippen molar-refractivity contribution in [2.24, 2.45) is 23.5 Å². The lowest BCUT2D eigenvalue weighted by molar-refractivity contribution is 0.230. The molecule has 0 bridgehead atoms. The largest absolute Gasteiger partial charge is 0.329 e. The number of hydrogen-bond donors (Lipinski definition) is 2. The Balaban J connectivity index is 4.15. The van der Waals surface area contributed by atoms with E-state index >= 15 is 0 Å². The fourth-order valence-electron chi connectivity index (χ4n) is 2.99. The highest BCUT2D eigenvalue weighted by molar-refractivity contribution is 4.86. The molecule has 122 valence electrons. The van der Waals surface area contributed by atoms with Gasteiger partial charge in [0.15, 0.2) is 0 Å². The van der Waals surface area contributed by atoms with Gasteiger partial charge in [0.1, 0.15) is 0 Å². The third kappa shape index (κ3) is 8.26. The van der Waals surface area contributed by atoms with Crippen molar-refractivity contribution in [3.63, 3.8) is 0 Å². The second-order valence-corrected chi connectivity index (χ2v) is 7.46. The Hall–Kier alpha value is -0.0800. The highest BCUT2D eigenvalue weighted by Crippen LogP contribution is 2.22. The molecule has 3 N–H and O–H groups in total. The van der Waals surface area contributed by atoms with Gasteiger partial charge in [0.2, 0.25) is 0 Å². The molecule has 0 fully saturated rings. The van der Waals surface area contributed by atoms with Gasteiger partial charge in [-0.3, -0.25) is 0 Å². The fourth-order valence-corrected chi connectivity index (χ4v) is 2.99. The van der Waals surface area contributed by atoms with Crippen molar-refractivity contribution in [2.75, 3.05) is 13.1 Å². The molecular formula is C18H40N2. The molecule has 0 heterocycles. The van der Waals surface area contributed by atoms with Gasteiger partial charge in [0.25, 0.3) is 0 Å². The summed E-state index contributed by atoms with van der Waals surface area (Å²) < 4.78 is 0. The molecule has 0 rings (SSSR count). The van der Waals surface area contributed by atoms with E-state index in [2.05, 4.69) is 46.9 Å². The molecule has 20 heavy (non-hydrogen) atoms. The van der Waals surface area contributed by atoms with Crippen LogP contribution in [0.3, 0.4) is 0 Å². The van der Waals surface area contributed by atoms with Gasteiger partial charge >= 0.3 is 0 Å². The Bertz CT molecular complexity index is 217. The topological polar surface area (TPSA) is 38.0 Å². The van der Waals surface area contributed by atoms with Crippen LogP contribution in [0.4, 0.5) is 0 Å². The van der Waals surface area contributed by atoms with E-state index in [1.54, 1.807) is 0 Å². The van der Waals surface area contributed by atoms with E-state index in [0.29, 0.717) is 0 Å². The van der Waals surface area contributed by atoms with Gasteiger partial charge in [0, 0.05) is 12.1 Å². The summed E-state index contributed by atoms with van der Waals surface area (Å²) in [7, 11) is 0. The third-order valence-electron chi connectivity index (χ3n) is 4.76. The maximum absolute atomic E-state index is 6.02. The van der Waals surface area contributed by atoms with Crippen molar-refractivity contribution in [3.05, 3.63) is 0 Å². The van der Waals surface area contributed by atoms with Gasteiger partial charge in [-0.05, 0) is 37.6 Å². The SMILES string of the molecule is CCCCCCCC(C)(CN)NCC(C(C)C)C(C)C. The Morgan fingerprint density at radius 3 is 1.95 bits per heavy atom. The lowest BCUT2D eigenvalue weighted by Crippen LogP contribution is -2.51. The first-order valence-electron chi connectivity index (χ1n) is 8.81. The monoisotopic (exact) mass is 284 g/mol. The van der Waals surface area contributed by atoms with Crippen LogP contribution in [-0.2, 0) is 0 Å². The second-order valence-electron chi connectivity index (χ2n) is 7.46. The van der Waals surface area contributed by atoms with Gasteiger partial charge < -0.3 is 11.1 Å². The number of hydrogen-bond acceptors (Lipinski definition) is 2. The maximum atomic E-state index is 6.02. The highest BCUT2D eigenvalue weighted by Gasteiger charge is 2.25. The van der Waals surface area contributed by atoms with Crippen LogP contribution < -0.4 is 11.1 Å². The molecule has 0 aromatic heterocycles. The number of nitrogens with two attached hydrogens (primary N) is 1. The van der Waals surface area contributed by atoms with Crippen molar-refractivity contribution >= 4 is 0 Å².